The standard InChI is InChI=1S/C18H23N3O4/c1-12(2)24-16-7-8-21(10-16)18(22)14-5-4-6-15(9-14)23-11-17-19-13(3)25-20-17/h4-6,9,12,16H,7-8,10-11H2,1-3H3/t16-/m1/s1. The number of aromatic nitrogens is 2. The molecule has 0 radical (unpaired) electrons. The van der Waals surface area contributed by atoms with E-state index in [1.54, 1.807) is 25.1 Å². The van der Waals surface area contributed by atoms with Crippen molar-refractivity contribution in [2.75, 3.05) is 13.1 Å². The van der Waals surface area contributed by atoms with E-state index in [-0.39, 0.29) is 24.7 Å². The van der Waals surface area contributed by atoms with Crippen molar-refractivity contribution in [3.05, 3.63) is 41.5 Å². The molecular weight excluding hydrogens is 322 g/mol. The third-order valence-electron chi connectivity index (χ3n) is 3.92. The van der Waals surface area contributed by atoms with Crippen LogP contribution < -0.4 is 4.74 Å². The molecule has 1 aromatic heterocycles. The van der Waals surface area contributed by atoms with Crippen LogP contribution >= 0.6 is 0 Å². The number of nitrogens with zero attached hydrogens (tertiary/aromatic N) is 3. The molecule has 1 fully saturated rings. The molecule has 3 rings (SSSR count). The van der Waals surface area contributed by atoms with Gasteiger partial charge < -0.3 is 18.9 Å². The van der Waals surface area contributed by atoms with Crippen LogP contribution in [0.1, 0.15) is 42.3 Å². The molecule has 1 atom stereocenters. The van der Waals surface area contributed by atoms with E-state index >= 15 is 0 Å². The van der Waals surface area contributed by atoms with E-state index < -0.39 is 0 Å². The molecule has 0 saturated carbocycles. The summed E-state index contributed by atoms with van der Waals surface area (Å²) in [5.74, 6) is 1.57. The minimum atomic E-state index is -0.00397. The number of likely N-dealkylation sites (tertiary alicyclic amines) is 1. The number of aryl methyl sites for hydroxylation is 1. The molecule has 7 heteroatoms. The number of rotatable bonds is 6. The highest BCUT2D eigenvalue weighted by Crippen LogP contribution is 2.20. The molecule has 0 bridgehead atoms. The lowest BCUT2D eigenvalue weighted by molar-refractivity contribution is 0.0139. The molecule has 0 aliphatic carbocycles. The first-order valence-corrected chi connectivity index (χ1v) is 8.48. The summed E-state index contributed by atoms with van der Waals surface area (Å²) in [6, 6.07) is 7.15. The van der Waals surface area contributed by atoms with Crippen LogP contribution in [0.3, 0.4) is 0 Å². The normalized spacial score (nSPS) is 17.3. The fraction of sp³-hybridized carbons (Fsp3) is 0.500. The van der Waals surface area contributed by atoms with E-state index in [0.29, 0.717) is 36.1 Å². The highest BCUT2D eigenvalue weighted by molar-refractivity contribution is 5.94. The van der Waals surface area contributed by atoms with E-state index in [1.807, 2.05) is 24.8 Å². The van der Waals surface area contributed by atoms with E-state index in [4.69, 9.17) is 14.0 Å². The zero-order valence-corrected chi connectivity index (χ0v) is 14.8. The lowest BCUT2D eigenvalue weighted by Gasteiger charge is -2.18. The molecule has 7 nitrogen and oxygen atoms in total. The summed E-state index contributed by atoms with van der Waals surface area (Å²) in [4.78, 5) is 18.6. The summed E-state index contributed by atoms with van der Waals surface area (Å²) >= 11 is 0. The number of amides is 1. The molecule has 1 amide bonds. The molecular formula is C18H23N3O4. The Kier molecular flexibility index (Phi) is 5.33. The maximum atomic E-state index is 12.7. The van der Waals surface area contributed by atoms with Gasteiger partial charge in [0.15, 0.2) is 6.61 Å². The number of ether oxygens (including phenoxy) is 2. The van der Waals surface area contributed by atoms with Crippen molar-refractivity contribution >= 4 is 5.91 Å². The maximum Gasteiger partial charge on any atom is 0.254 e. The second kappa shape index (κ2) is 7.65. The van der Waals surface area contributed by atoms with Gasteiger partial charge in [-0.25, -0.2) is 0 Å². The third kappa shape index (κ3) is 4.57. The van der Waals surface area contributed by atoms with Crippen LogP contribution in [0.5, 0.6) is 5.75 Å². The van der Waals surface area contributed by atoms with Crippen LogP contribution in [0, 0.1) is 6.92 Å². The predicted molar refractivity (Wildman–Crippen MR) is 90.3 cm³/mol. The van der Waals surface area contributed by atoms with E-state index in [1.165, 1.54) is 0 Å². The number of carbonyl (C=O) groups is 1. The molecule has 1 aliphatic rings. The number of carbonyl (C=O) groups excluding carboxylic acids is 1. The monoisotopic (exact) mass is 345 g/mol. The number of hydrogen-bond acceptors (Lipinski definition) is 6. The molecule has 1 saturated heterocycles. The van der Waals surface area contributed by atoms with Crippen molar-refractivity contribution in [3.8, 4) is 5.75 Å². The Morgan fingerprint density at radius 2 is 2.28 bits per heavy atom. The van der Waals surface area contributed by atoms with Crippen molar-refractivity contribution in [1.29, 1.82) is 0 Å². The molecule has 0 unspecified atom stereocenters. The first-order valence-electron chi connectivity index (χ1n) is 8.48. The summed E-state index contributed by atoms with van der Waals surface area (Å²) < 4.78 is 16.4. The SMILES string of the molecule is Cc1nc(COc2cccc(C(=O)N3CC[C@@H](OC(C)C)C3)c2)no1. The van der Waals surface area contributed by atoms with Gasteiger partial charge in [-0.05, 0) is 38.5 Å². The van der Waals surface area contributed by atoms with Crippen LogP contribution in [-0.2, 0) is 11.3 Å². The average molecular weight is 345 g/mol. The number of benzene rings is 1. The molecule has 1 aromatic carbocycles. The van der Waals surface area contributed by atoms with Crippen molar-refractivity contribution in [2.45, 2.75) is 46.0 Å². The first-order chi connectivity index (χ1) is 12.0. The van der Waals surface area contributed by atoms with Gasteiger partial charge in [-0.1, -0.05) is 11.2 Å². The van der Waals surface area contributed by atoms with Crippen molar-refractivity contribution < 1.29 is 18.8 Å². The van der Waals surface area contributed by atoms with Gasteiger partial charge in [0.05, 0.1) is 12.2 Å². The van der Waals surface area contributed by atoms with Crippen LogP contribution in [-0.4, -0.2) is 46.2 Å². The molecule has 0 N–H and O–H groups in total. The lowest BCUT2D eigenvalue weighted by Crippen LogP contribution is -2.30. The van der Waals surface area contributed by atoms with Gasteiger partial charge in [0, 0.05) is 25.6 Å². The summed E-state index contributed by atoms with van der Waals surface area (Å²) in [6.45, 7) is 7.28. The highest BCUT2D eigenvalue weighted by Gasteiger charge is 2.28. The van der Waals surface area contributed by atoms with E-state index in [2.05, 4.69) is 10.1 Å². The average Bonchev–Trinajstić information content (AvgIpc) is 3.21. The van der Waals surface area contributed by atoms with Gasteiger partial charge in [0.1, 0.15) is 5.75 Å². The second-order valence-corrected chi connectivity index (χ2v) is 6.39. The molecule has 0 spiro atoms. The van der Waals surface area contributed by atoms with E-state index in [0.717, 1.165) is 6.42 Å². The van der Waals surface area contributed by atoms with Crippen molar-refractivity contribution in [1.82, 2.24) is 15.0 Å². The Labute approximate surface area is 146 Å². The van der Waals surface area contributed by atoms with Gasteiger partial charge >= 0.3 is 0 Å². The molecule has 134 valence electrons. The zero-order chi connectivity index (χ0) is 17.8. The Balaban J connectivity index is 1.60. The van der Waals surface area contributed by atoms with E-state index in [9.17, 15) is 4.79 Å². The Morgan fingerprint density at radius 1 is 1.44 bits per heavy atom. The molecule has 2 heterocycles. The van der Waals surface area contributed by atoms with Crippen LogP contribution in [0.15, 0.2) is 28.8 Å². The fourth-order valence-corrected chi connectivity index (χ4v) is 2.86. The van der Waals surface area contributed by atoms with Gasteiger partial charge in [-0.15, -0.1) is 0 Å². The Morgan fingerprint density at radius 3 is 3.00 bits per heavy atom. The van der Waals surface area contributed by atoms with Gasteiger partial charge in [-0.3, -0.25) is 4.79 Å². The summed E-state index contributed by atoms with van der Waals surface area (Å²) in [5, 5.41) is 3.78. The first kappa shape index (κ1) is 17.4. The van der Waals surface area contributed by atoms with Crippen LogP contribution in [0.4, 0.5) is 0 Å². The molecule has 1 aliphatic heterocycles. The fourth-order valence-electron chi connectivity index (χ4n) is 2.86. The molecule has 2 aromatic rings. The van der Waals surface area contributed by atoms with Crippen molar-refractivity contribution in [3.63, 3.8) is 0 Å². The van der Waals surface area contributed by atoms with Gasteiger partial charge in [-0.2, -0.15) is 4.98 Å². The zero-order valence-electron chi connectivity index (χ0n) is 14.8. The Hall–Kier alpha value is -2.41. The van der Waals surface area contributed by atoms with Gasteiger partial charge in [0.25, 0.3) is 5.91 Å². The molecule has 25 heavy (non-hydrogen) atoms. The minimum absolute atomic E-state index is 0.00397. The largest absolute Gasteiger partial charge is 0.485 e. The third-order valence-corrected chi connectivity index (χ3v) is 3.92. The quantitative estimate of drug-likeness (QED) is 0.801. The topological polar surface area (TPSA) is 77.7 Å². The Bertz CT molecular complexity index is 729. The maximum absolute atomic E-state index is 12.7. The minimum Gasteiger partial charge on any atom is -0.485 e. The van der Waals surface area contributed by atoms with Crippen molar-refractivity contribution in [2.24, 2.45) is 0 Å². The van der Waals surface area contributed by atoms with Crippen LogP contribution in [0.2, 0.25) is 0 Å². The van der Waals surface area contributed by atoms with Gasteiger partial charge in [0.2, 0.25) is 11.7 Å². The number of hydrogen-bond donors (Lipinski definition) is 0. The van der Waals surface area contributed by atoms with Crippen LogP contribution in [0.25, 0.3) is 0 Å². The smallest absolute Gasteiger partial charge is 0.254 e. The summed E-state index contributed by atoms with van der Waals surface area (Å²) in [6.07, 6.45) is 1.16. The second-order valence-electron chi connectivity index (χ2n) is 6.39. The lowest BCUT2D eigenvalue weighted by atomic mass is 10.2. The highest BCUT2D eigenvalue weighted by atomic mass is 16.5. The summed E-state index contributed by atoms with van der Waals surface area (Å²) in [7, 11) is 0. The predicted octanol–water partition coefficient (Wildman–Crippen LogP) is 2.60. The summed E-state index contributed by atoms with van der Waals surface area (Å²) in [5.41, 5.74) is 0.604.